The highest BCUT2D eigenvalue weighted by atomic mass is 79.9. The lowest BCUT2D eigenvalue weighted by molar-refractivity contribution is 0.426. The van der Waals surface area contributed by atoms with Gasteiger partial charge in [-0.05, 0) is 27.5 Å². The van der Waals surface area contributed by atoms with Crippen molar-refractivity contribution in [1.29, 1.82) is 0 Å². The Morgan fingerprint density at radius 3 is 2.71 bits per heavy atom. The summed E-state index contributed by atoms with van der Waals surface area (Å²) in [5.41, 5.74) is 0.279. The molecule has 1 aromatic carbocycles. The van der Waals surface area contributed by atoms with Crippen molar-refractivity contribution in [3.63, 3.8) is 0 Å². The van der Waals surface area contributed by atoms with Gasteiger partial charge in [-0.25, -0.2) is 4.39 Å². The zero-order chi connectivity index (χ0) is 10.3. The van der Waals surface area contributed by atoms with Gasteiger partial charge in [-0.3, -0.25) is 0 Å². The SMILES string of the molecule is OB(O)c1cc(Br)c2scc(F)c2c1. The fraction of sp³-hybridized carbons (Fsp3) is 0. The van der Waals surface area contributed by atoms with Crippen LogP contribution in [0.25, 0.3) is 10.1 Å². The fourth-order valence-corrected chi connectivity index (χ4v) is 2.80. The predicted molar refractivity (Wildman–Crippen MR) is 59.3 cm³/mol. The summed E-state index contributed by atoms with van der Waals surface area (Å²) in [7, 11) is -1.57. The van der Waals surface area contributed by atoms with Gasteiger partial charge in [0, 0.05) is 15.2 Å². The van der Waals surface area contributed by atoms with Gasteiger partial charge in [0.2, 0.25) is 0 Å². The van der Waals surface area contributed by atoms with Gasteiger partial charge in [-0.2, -0.15) is 0 Å². The van der Waals surface area contributed by atoms with Crippen LogP contribution >= 0.6 is 27.3 Å². The molecule has 0 aliphatic rings. The van der Waals surface area contributed by atoms with Crippen molar-refractivity contribution in [2.75, 3.05) is 0 Å². The van der Waals surface area contributed by atoms with Crippen molar-refractivity contribution in [1.82, 2.24) is 0 Å². The summed E-state index contributed by atoms with van der Waals surface area (Å²) in [5, 5.41) is 19.7. The van der Waals surface area contributed by atoms with E-state index >= 15 is 0 Å². The molecule has 0 amide bonds. The quantitative estimate of drug-likeness (QED) is 0.774. The van der Waals surface area contributed by atoms with Crippen LogP contribution in [-0.2, 0) is 0 Å². The second-order valence-electron chi connectivity index (χ2n) is 2.84. The third-order valence-corrected chi connectivity index (χ3v) is 3.79. The fourth-order valence-electron chi connectivity index (χ4n) is 1.23. The highest BCUT2D eigenvalue weighted by molar-refractivity contribution is 9.10. The van der Waals surface area contributed by atoms with E-state index in [1.807, 2.05) is 0 Å². The average molecular weight is 275 g/mol. The molecule has 0 saturated carbocycles. The Bertz CT molecular complexity index is 485. The lowest BCUT2D eigenvalue weighted by Crippen LogP contribution is -2.29. The minimum Gasteiger partial charge on any atom is -0.423 e. The van der Waals surface area contributed by atoms with Gasteiger partial charge in [-0.1, -0.05) is 6.07 Å². The van der Waals surface area contributed by atoms with Crippen molar-refractivity contribution in [3.05, 3.63) is 27.8 Å². The van der Waals surface area contributed by atoms with Gasteiger partial charge in [0.25, 0.3) is 0 Å². The first kappa shape index (κ1) is 10.1. The predicted octanol–water partition coefficient (Wildman–Crippen LogP) is 1.48. The summed E-state index contributed by atoms with van der Waals surface area (Å²) in [4.78, 5) is 0. The van der Waals surface area contributed by atoms with E-state index < -0.39 is 7.12 Å². The molecule has 0 saturated heterocycles. The number of halogens is 2. The van der Waals surface area contributed by atoms with E-state index in [1.54, 1.807) is 6.07 Å². The maximum absolute atomic E-state index is 13.2. The van der Waals surface area contributed by atoms with E-state index in [1.165, 1.54) is 22.8 Å². The summed E-state index contributed by atoms with van der Waals surface area (Å²) in [6.07, 6.45) is 0. The zero-order valence-corrected chi connectivity index (χ0v) is 9.27. The van der Waals surface area contributed by atoms with Crippen LogP contribution in [0.5, 0.6) is 0 Å². The molecule has 0 aliphatic heterocycles. The molecule has 14 heavy (non-hydrogen) atoms. The van der Waals surface area contributed by atoms with Crippen LogP contribution in [0.1, 0.15) is 0 Å². The van der Waals surface area contributed by atoms with Crippen molar-refractivity contribution in [3.8, 4) is 0 Å². The monoisotopic (exact) mass is 274 g/mol. The third kappa shape index (κ3) is 1.59. The molecule has 0 fully saturated rings. The molecule has 0 radical (unpaired) electrons. The topological polar surface area (TPSA) is 40.5 Å². The minimum atomic E-state index is -1.57. The molecule has 0 bridgehead atoms. The lowest BCUT2D eigenvalue weighted by Gasteiger charge is -2.01. The highest BCUT2D eigenvalue weighted by Crippen LogP contribution is 2.30. The molecule has 0 aliphatic carbocycles. The van der Waals surface area contributed by atoms with E-state index in [0.29, 0.717) is 9.86 Å². The molecular formula is C8H5BBrFO2S. The first-order valence-corrected chi connectivity index (χ1v) is 5.49. The second kappa shape index (κ2) is 3.62. The van der Waals surface area contributed by atoms with Gasteiger partial charge in [0.15, 0.2) is 0 Å². The van der Waals surface area contributed by atoms with E-state index in [4.69, 9.17) is 10.0 Å². The van der Waals surface area contributed by atoms with Crippen LogP contribution in [0.2, 0.25) is 0 Å². The summed E-state index contributed by atoms with van der Waals surface area (Å²) in [6, 6.07) is 3.01. The average Bonchev–Trinajstić information content (AvgIpc) is 2.48. The molecule has 0 spiro atoms. The second-order valence-corrected chi connectivity index (χ2v) is 4.57. The number of fused-ring (bicyclic) bond motifs is 1. The minimum absolute atomic E-state index is 0.279. The van der Waals surface area contributed by atoms with Crippen molar-refractivity contribution < 1.29 is 14.4 Å². The van der Waals surface area contributed by atoms with Crippen molar-refractivity contribution in [2.45, 2.75) is 0 Å². The van der Waals surface area contributed by atoms with Crippen LogP contribution in [-0.4, -0.2) is 17.2 Å². The summed E-state index contributed by atoms with van der Waals surface area (Å²) < 4.78 is 14.6. The van der Waals surface area contributed by atoms with Gasteiger partial charge < -0.3 is 10.0 Å². The smallest absolute Gasteiger partial charge is 0.423 e. The van der Waals surface area contributed by atoms with Gasteiger partial charge in [0.05, 0.1) is 4.70 Å². The van der Waals surface area contributed by atoms with Gasteiger partial charge in [-0.15, -0.1) is 11.3 Å². The first-order chi connectivity index (χ1) is 6.59. The maximum atomic E-state index is 13.2. The number of benzene rings is 1. The zero-order valence-electron chi connectivity index (χ0n) is 6.87. The number of hydrogen-bond acceptors (Lipinski definition) is 3. The molecule has 72 valence electrons. The molecule has 2 N–H and O–H groups in total. The standard InChI is InChI=1S/C8H5BBrFO2S/c10-6-2-4(9(12)13)1-5-7(11)3-14-8(5)6/h1-3,12-13H. The largest absolute Gasteiger partial charge is 0.488 e. The van der Waals surface area contributed by atoms with E-state index in [9.17, 15) is 4.39 Å². The van der Waals surface area contributed by atoms with Crippen molar-refractivity contribution in [2.24, 2.45) is 0 Å². The Kier molecular flexibility index (Phi) is 2.61. The molecule has 0 atom stereocenters. The van der Waals surface area contributed by atoms with Crippen LogP contribution in [0.3, 0.4) is 0 Å². The normalized spacial score (nSPS) is 10.9. The molecule has 2 rings (SSSR count). The van der Waals surface area contributed by atoms with Crippen LogP contribution in [0, 0.1) is 5.82 Å². The van der Waals surface area contributed by atoms with Gasteiger partial charge in [0.1, 0.15) is 5.82 Å². The molecule has 2 nitrogen and oxygen atoms in total. The van der Waals surface area contributed by atoms with Crippen LogP contribution < -0.4 is 5.46 Å². The summed E-state index contributed by atoms with van der Waals surface area (Å²) >= 11 is 4.53. The molecule has 2 aromatic rings. The Morgan fingerprint density at radius 2 is 2.07 bits per heavy atom. The Labute approximate surface area is 92.3 Å². The van der Waals surface area contributed by atoms with Crippen LogP contribution in [0.4, 0.5) is 4.39 Å². The summed E-state index contributed by atoms with van der Waals surface area (Å²) in [6.45, 7) is 0. The number of hydrogen-bond donors (Lipinski definition) is 2. The van der Waals surface area contributed by atoms with Crippen LogP contribution in [0.15, 0.2) is 22.0 Å². The van der Waals surface area contributed by atoms with E-state index in [0.717, 1.165) is 4.70 Å². The third-order valence-electron chi connectivity index (χ3n) is 1.90. The Hall–Kier alpha value is -0.425. The van der Waals surface area contributed by atoms with E-state index in [-0.39, 0.29) is 11.3 Å². The number of rotatable bonds is 1. The van der Waals surface area contributed by atoms with E-state index in [2.05, 4.69) is 15.9 Å². The molecule has 1 aromatic heterocycles. The molecule has 0 unspecified atom stereocenters. The lowest BCUT2D eigenvalue weighted by atomic mass is 9.80. The van der Waals surface area contributed by atoms with Crippen molar-refractivity contribution >= 4 is 49.9 Å². The first-order valence-electron chi connectivity index (χ1n) is 3.82. The number of thiophene rings is 1. The Balaban J connectivity index is 2.75. The highest BCUT2D eigenvalue weighted by Gasteiger charge is 2.15. The summed E-state index contributed by atoms with van der Waals surface area (Å²) in [5.74, 6) is -0.340. The molecule has 6 heteroatoms. The maximum Gasteiger partial charge on any atom is 0.488 e. The molecule has 1 heterocycles. The van der Waals surface area contributed by atoms with Gasteiger partial charge >= 0.3 is 7.12 Å². The molecular weight excluding hydrogens is 270 g/mol. The Morgan fingerprint density at radius 1 is 1.36 bits per heavy atom.